The first-order valence-corrected chi connectivity index (χ1v) is 14.7. The number of rotatable bonds is 11. The molecule has 0 aliphatic carbocycles. The van der Waals surface area contributed by atoms with Crippen LogP contribution in [0.4, 0.5) is 5.69 Å². The first-order chi connectivity index (χ1) is 18.4. The van der Waals surface area contributed by atoms with E-state index in [2.05, 4.69) is 5.32 Å². The Labute approximate surface area is 236 Å². The van der Waals surface area contributed by atoms with Crippen molar-refractivity contribution in [1.82, 2.24) is 10.2 Å². The molecule has 0 unspecified atom stereocenters. The van der Waals surface area contributed by atoms with Crippen LogP contribution in [0.5, 0.6) is 0 Å². The summed E-state index contributed by atoms with van der Waals surface area (Å²) in [5, 5.41) is 3.35. The van der Waals surface area contributed by atoms with E-state index < -0.39 is 28.5 Å². The fraction of sp³-hybridized carbons (Fsp3) is 0.333. The summed E-state index contributed by atoms with van der Waals surface area (Å²) in [6.07, 6.45) is 0.363. The number of aryl methyl sites for hydroxylation is 2. The second-order valence-corrected chi connectivity index (χ2v) is 12.1. The lowest BCUT2D eigenvalue weighted by atomic mass is 10.1. The maximum Gasteiger partial charge on any atom is 0.264 e. The van der Waals surface area contributed by atoms with Gasteiger partial charge in [0.25, 0.3) is 10.0 Å². The number of benzene rings is 3. The number of amides is 2. The Balaban J connectivity index is 2.08. The third-order valence-electron chi connectivity index (χ3n) is 6.33. The van der Waals surface area contributed by atoms with Crippen LogP contribution in [-0.4, -0.2) is 43.8 Å². The van der Waals surface area contributed by atoms with Gasteiger partial charge in [-0.25, -0.2) is 8.42 Å². The van der Waals surface area contributed by atoms with Crippen LogP contribution in [0.25, 0.3) is 0 Å². The molecule has 0 saturated carbocycles. The van der Waals surface area contributed by atoms with Gasteiger partial charge in [-0.2, -0.15) is 0 Å². The average molecular weight is 570 g/mol. The summed E-state index contributed by atoms with van der Waals surface area (Å²) >= 11 is 6.17. The molecule has 0 radical (unpaired) electrons. The molecule has 0 aliphatic heterocycles. The van der Waals surface area contributed by atoms with Gasteiger partial charge in [-0.05, 0) is 75.6 Å². The SMILES string of the molecule is CC[C@H](C(=O)NC(C)C)N(Cc1ccccc1)C(=O)CN(c1ccc(Cl)cc1C)S(=O)(=O)c1ccc(C)cc1. The Hall–Kier alpha value is -3.36. The lowest BCUT2D eigenvalue weighted by molar-refractivity contribution is -0.140. The van der Waals surface area contributed by atoms with Crippen molar-refractivity contribution in [3.8, 4) is 0 Å². The molecule has 3 rings (SSSR count). The Bertz CT molecular complexity index is 1390. The molecule has 39 heavy (non-hydrogen) atoms. The molecule has 0 aromatic heterocycles. The molecular weight excluding hydrogens is 534 g/mol. The average Bonchev–Trinajstić information content (AvgIpc) is 2.88. The van der Waals surface area contributed by atoms with Gasteiger partial charge in [0, 0.05) is 17.6 Å². The molecule has 208 valence electrons. The predicted molar refractivity (Wildman–Crippen MR) is 156 cm³/mol. The van der Waals surface area contributed by atoms with E-state index in [1.165, 1.54) is 17.0 Å². The monoisotopic (exact) mass is 569 g/mol. The quantitative estimate of drug-likeness (QED) is 0.331. The van der Waals surface area contributed by atoms with Crippen LogP contribution < -0.4 is 9.62 Å². The lowest BCUT2D eigenvalue weighted by Gasteiger charge is -2.34. The van der Waals surface area contributed by atoms with Crippen molar-refractivity contribution in [1.29, 1.82) is 0 Å². The molecular formula is C30H36ClN3O4S. The van der Waals surface area contributed by atoms with Gasteiger partial charge < -0.3 is 10.2 Å². The van der Waals surface area contributed by atoms with Crippen LogP contribution in [-0.2, 0) is 26.2 Å². The molecule has 0 spiro atoms. The molecule has 0 heterocycles. The van der Waals surface area contributed by atoms with Gasteiger partial charge in [0.05, 0.1) is 10.6 Å². The highest BCUT2D eigenvalue weighted by Crippen LogP contribution is 2.29. The maximum atomic E-state index is 14.0. The van der Waals surface area contributed by atoms with E-state index in [0.29, 0.717) is 22.7 Å². The second-order valence-electron chi connectivity index (χ2n) is 9.85. The predicted octanol–water partition coefficient (Wildman–Crippen LogP) is 5.48. The smallest absolute Gasteiger partial charge is 0.264 e. The highest BCUT2D eigenvalue weighted by atomic mass is 35.5. The molecule has 0 fully saturated rings. The van der Waals surface area contributed by atoms with Crippen molar-refractivity contribution >= 4 is 39.1 Å². The summed E-state index contributed by atoms with van der Waals surface area (Å²) in [7, 11) is -4.14. The van der Waals surface area contributed by atoms with Crippen molar-refractivity contribution in [3.63, 3.8) is 0 Å². The first kappa shape index (κ1) is 30.2. The zero-order valence-electron chi connectivity index (χ0n) is 23.0. The normalized spacial score (nSPS) is 12.2. The Morgan fingerprint density at radius 1 is 0.949 bits per heavy atom. The highest BCUT2D eigenvalue weighted by molar-refractivity contribution is 7.92. The summed E-state index contributed by atoms with van der Waals surface area (Å²) in [6, 6.07) is 19.8. The van der Waals surface area contributed by atoms with Crippen molar-refractivity contribution in [2.75, 3.05) is 10.8 Å². The van der Waals surface area contributed by atoms with Crippen molar-refractivity contribution in [3.05, 3.63) is 94.5 Å². The molecule has 0 aliphatic rings. The minimum absolute atomic E-state index is 0.0643. The van der Waals surface area contributed by atoms with Crippen LogP contribution in [0.1, 0.15) is 43.9 Å². The lowest BCUT2D eigenvalue weighted by Crippen LogP contribution is -2.53. The van der Waals surface area contributed by atoms with Crippen LogP contribution in [0, 0.1) is 13.8 Å². The molecule has 0 saturated heterocycles. The largest absolute Gasteiger partial charge is 0.352 e. The molecule has 1 atom stereocenters. The number of nitrogens with zero attached hydrogens (tertiary/aromatic N) is 2. The number of carbonyl (C=O) groups is 2. The summed E-state index contributed by atoms with van der Waals surface area (Å²) in [6.45, 7) is 8.82. The number of anilines is 1. The van der Waals surface area contributed by atoms with E-state index in [1.54, 1.807) is 37.3 Å². The maximum absolute atomic E-state index is 14.0. The van der Waals surface area contributed by atoms with E-state index in [9.17, 15) is 18.0 Å². The van der Waals surface area contributed by atoms with E-state index in [4.69, 9.17) is 11.6 Å². The standard InChI is InChI=1S/C30H36ClN3O4S/c1-6-27(30(36)32-21(2)3)33(19-24-10-8-7-9-11-24)29(35)20-34(28-17-14-25(31)18-23(28)5)39(37,38)26-15-12-22(4)13-16-26/h7-18,21,27H,6,19-20H2,1-5H3,(H,32,36)/t27-/m1/s1. The topological polar surface area (TPSA) is 86.8 Å². The number of carbonyl (C=O) groups excluding carboxylic acids is 2. The van der Waals surface area contributed by atoms with Crippen LogP contribution >= 0.6 is 11.6 Å². The molecule has 3 aromatic rings. The minimum Gasteiger partial charge on any atom is -0.352 e. The molecule has 0 bridgehead atoms. The summed E-state index contributed by atoms with van der Waals surface area (Å²) in [5.74, 6) is -0.776. The number of hydrogen-bond acceptors (Lipinski definition) is 4. The summed E-state index contributed by atoms with van der Waals surface area (Å²) < 4.78 is 29.0. The van der Waals surface area contributed by atoms with Crippen molar-refractivity contribution < 1.29 is 18.0 Å². The number of halogens is 1. The van der Waals surface area contributed by atoms with Gasteiger partial charge in [0.1, 0.15) is 12.6 Å². The van der Waals surface area contributed by atoms with E-state index >= 15 is 0 Å². The van der Waals surface area contributed by atoms with Gasteiger partial charge in [0.15, 0.2) is 0 Å². The second kappa shape index (κ2) is 13.1. The van der Waals surface area contributed by atoms with Crippen LogP contribution in [0.15, 0.2) is 77.7 Å². The van der Waals surface area contributed by atoms with Crippen LogP contribution in [0.2, 0.25) is 5.02 Å². The number of nitrogens with one attached hydrogen (secondary N) is 1. The Kier molecular flexibility index (Phi) is 10.2. The Morgan fingerprint density at radius 3 is 2.15 bits per heavy atom. The van der Waals surface area contributed by atoms with Gasteiger partial charge >= 0.3 is 0 Å². The summed E-state index contributed by atoms with van der Waals surface area (Å²) in [4.78, 5) is 28.7. The van der Waals surface area contributed by atoms with Crippen molar-refractivity contribution in [2.24, 2.45) is 0 Å². The van der Waals surface area contributed by atoms with Gasteiger partial charge in [0.2, 0.25) is 11.8 Å². The first-order valence-electron chi connectivity index (χ1n) is 12.9. The molecule has 9 heteroatoms. The van der Waals surface area contributed by atoms with E-state index in [1.807, 2.05) is 58.0 Å². The molecule has 3 aromatic carbocycles. The zero-order valence-corrected chi connectivity index (χ0v) is 24.6. The third-order valence-corrected chi connectivity index (χ3v) is 8.34. The number of hydrogen-bond donors (Lipinski definition) is 1. The zero-order chi connectivity index (χ0) is 28.7. The third kappa shape index (κ3) is 7.61. The summed E-state index contributed by atoms with van der Waals surface area (Å²) in [5.41, 5.74) is 2.69. The van der Waals surface area contributed by atoms with E-state index in [-0.39, 0.29) is 23.4 Å². The fourth-order valence-electron chi connectivity index (χ4n) is 4.33. The fourth-order valence-corrected chi connectivity index (χ4v) is 6.04. The van der Waals surface area contributed by atoms with Crippen LogP contribution in [0.3, 0.4) is 0 Å². The Morgan fingerprint density at radius 2 is 1.59 bits per heavy atom. The van der Waals surface area contributed by atoms with Gasteiger partial charge in [-0.3, -0.25) is 13.9 Å². The van der Waals surface area contributed by atoms with E-state index in [0.717, 1.165) is 15.4 Å². The van der Waals surface area contributed by atoms with Crippen molar-refractivity contribution in [2.45, 2.75) is 64.6 Å². The van der Waals surface area contributed by atoms with Gasteiger partial charge in [-0.1, -0.05) is 66.6 Å². The number of sulfonamides is 1. The highest BCUT2D eigenvalue weighted by Gasteiger charge is 2.34. The van der Waals surface area contributed by atoms with Gasteiger partial charge in [-0.15, -0.1) is 0 Å². The molecule has 7 nitrogen and oxygen atoms in total. The minimum atomic E-state index is -4.14. The molecule has 2 amide bonds. The molecule has 1 N–H and O–H groups in total.